The van der Waals surface area contributed by atoms with Gasteiger partial charge in [-0.3, -0.25) is 4.68 Å². The smallest absolute Gasteiger partial charge is 0.191 e. The van der Waals surface area contributed by atoms with Crippen molar-refractivity contribution in [3.63, 3.8) is 0 Å². The molecule has 2 N–H and O–H groups in total. The predicted molar refractivity (Wildman–Crippen MR) is 95.8 cm³/mol. The molecule has 1 aromatic rings. The molecule has 1 heterocycles. The molecule has 0 amide bonds. The molecule has 1 aliphatic carbocycles. The van der Waals surface area contributed by atoms with E-state index in [2.05, 4.69) is 53.4 Å². The van der Waals surface area contributed by atoms with Crippen molar-refractivity contribution >= 4 is 5.96 Å². The normalized spacial score (nSPS) is 23.0. The lowest BCUT2D eigenvalue weighted by Gasteiger charge is -2.55. The van der Waals surface area contributed by atoms with Gasteiger partial charge in [0.1, 0.15) is 18.7 Å². The summed E-state index contributed by atoms with van der Waals surface area (Å²) in [7, 11) is 1.88. The number of aryl methyl sites for hydroxylation is 1. The van der Waals surface area contributed by atoms with Gasteiger partial charge in [0.05, 0.1) is 6.10 Å². The van der Waals surface area contributed by atoms with Gasteiger partial charge < -0.3 is 15.4 Å². The summed E-state index contributed by atoms with van der Waals surface area (Å²) in [6.45, 7) is 10.8. The summed E-state index contributed by atoms with van der Waals surface area (Å²) in [6, 6.07) is 0.390. The van der Waals surface area contributed by atoms with Crippen molar-refractivity contribution in [2.24, 2.45) is 17.5 Å². The topological polar surface area (TPSA) is 76.4 Å². The van der Waals surface area contributed by atoms with Crippen LogP contribution in [0.25, 0.3) is 0 Å². The van der Waals surface area contributed by atoms with Crippen molar-refractivity contribution < 1.29 is 4.74 Å². The molecule has 0 saturated heterocycles. The van der Waals surface area contributed by atoms with Gasteiger partial charge >= 0.3 is 0 Å². The molecule has 1 aliphatic rings. The third-order valence-electron chi connectivity index (χ3n) is 5.31. The second-order valence-corrected chi connectivity index (χ2v) is 6.31. The molecule has 1 aromatic heterocycles. The van der Waals surface area contributed by atoms with Crippen LogP contribution < -0.4 is 10.6 Å². The molecule has 1 fully saturated rings. The summed E-state index contributed by atoms with van der Waals surface area (Å²) in [5, 5.41) is 11.0. The Hall–Kier alpha value is -1.63. The van der Waals surface area contributed by atoms with E-state index in [4.69, 9.17) is 4.74 Å². The van der Waals surface area contributed by atoms with E-state index >= 15 is 0 Å². The zero-order valence-corrected chi connectivity index (χ0v) is 15.7. The summed E-state index contributed by atoms with van der Waals surface area (Å²) < 4.78 is 7.71. The van der Waals surface area contributed by atoms with Gasteiger partial charge in [-0.05, 0) is 33.1 Å². The zero-order valence-electron chi connectivity index (χ0n) is 15.7. The van der Waals surface area contributed by atoms with E-state index in [1.165, 1.54) is 0 Å². The van der Waals surface area contributed by atoms with Crippen LogP contribution in [0.3, 0.4) is 0 Å². The molecule has 0 aromatic carbocycles. The Morgan fingerprint density at radius 3 is 2.67 bits per heavy atom. The minimum absolute atomic E-state index is 0.191. The minimum atomic E-state index is 0.191. The molecule has 0 spiro atoms. The van der Waals surface area contributed by atoms with E-state index < -0.39 is 0 Å². The molecule has 136 valence electrons. The van der Waals surface area contributed by atoms with Gasteiger partial charge in [0.25, 0.3) is 0 Å². The van der Waals surface area contributed by atoms with Gasteiger partial charge in [0.15, 0.2) is 5.96 Å². The average molecular weight is 336 g/mol. The van der Waals surface area contributed by atoms with Crippen molar-refractivity contribution in [2.45, 2.75) is 65.6 Å². The van der Waals surface area contributed by atoms with Crippen LogP contribution in [-0.2, 0) is 18.3 Å². The number of hydrogen-bond donors (Lipinski definition) is 2. The van der Waals surface area contributed by atoms with Crippen LogP contribution in [0.1, 0.15) is 52.8 Å². The number of ether oxygens (including phenoxy) is 1. The van der Waals surface area contributed by atoms with Crippen molar-refractivity contribution in [1.29, 1.82) is 0 Å². The largest absolute Gasteiger partial charge is 0.378 e. The Morgan fingerprint density at radius 2 is 2.12 bits per heavy atom. The van der Waals surface area contributed by atoms with Crippen LogP contribution in [0.5, 0.6) is 0 Å². The first-order valence-electron chi connectivity index (χ1n) is 9.10. The van der Waals surface area contributed by atoms with E-state index in [0.717, 1.165) is 44.2 Å². The summed E-state index contributed by atoms with van der Waals surface area (Å²) in [4.78, 5) is 8.90. The van der Waals surface area contributed by atoms with E-state index in [1.54, 1.807) is 11.0 Å². The van der Waals surface area contributed by atoms with Crippen LogP contribution >= 0.6 is 0 Å². The van der Waals surface area contributed by atoms with Crippen LogP contribution in [0.4, 0.5) is 0 Å². The lowest BCUT2D eigenvalue weighted by atomic mass is 9.58. The lowest BCUT2D eigenvalue weighted by molar-refractivity contribution is -0.133. The van der Waals surface area contributed by atoms with Crippen LogP contribution in [0.2, 0.25) is 0 Å². The Kier molecular flexibility index (Phi) is 6.60. The number of guanidine groups is 1. The van der Waals surface area contributed by atoms with E-state index in [1.807, 2.05) is 7.05 Å². The quantitative estimate of drug-likeness (QED) is 0.560. The molecule has 0 aliphatic heterocycles. The van der Waals surface area contributed by atoms with Crippen LogP contribution in [-0.4, -0.2) is 46.0 Å². The summed E-state index contributed by atoms with van der Waals surface area (Å²) >= 11 is 0. The standard InChI is InChI=1S/C17H32N6O/c1-6-17(7-2)13(10-14(17)24-9-4)22-16(18-8-3)19-11-15-20-12-21-23(15)5/h12-14H,6-11H2,1-5H3,(H2,18,19,22). The van der Waals surface area contributed by atoms with E-state index in [0.29, 0.717) is 18.7 Å². The molecule has 2 atom stereocenters. The summed E-state index contributed by atoms with van der Waals surface area (Å²) in [5.41, 5.74) is 0.191. The van der Waals surface area contributed by atoms with Gasteiger partial charge in [0.2, 0.25) is 0 Å². The average Bonchev–Trinajstić information content (AvgIpc) is 2.98. The second kappa shape index (κ2) is 8.46. The van der Waals surface area contributed by atoms with Gasteiger partial charge in [0, 0.05) is 31.7 Å². The Morgan fingerprint density at radius 1 is 1.38 bits per heavy atom. The first-order valence-corrected chi connectivity index (χ1v) is 9.10. The van der Waals surface area contributed by atoms with E-state index in [9.17, 15) is 0 Å². The van der Waals surface area contributed by atoms with Crippen molar-refractivity contribution in [1.82, 2.24) is 25.4 Å². The molecule has 24 heavy (non-hydrogen) atoms. The van der Waals surface area contributed by atoms with Crippen molar-refractivity contribution in [2.75, 3.05) is 13.2 Å². The highest BCUT2D eigenvalue weighted by molar-refractivity contribution is 5.80. The number of nitrogens with zero attached hydrogens (tertiary/aromatic N) is 4. The number of aliphatic imine (C=N–C) groups is 1. The van der Waals surface area contributed by atoms with Crippen molar-refractivity contribution in [3.05, 3.63) is 12.2 Å². The first kappa shape index (κ1) is 18.7. The Bertz CT molecular complexity index is 537. The molecule has 2 unspecified atom stereocenters. The SMILES string of the molecule is CCNC(=NCc1ncnn1C)NC1CC(OCC)C1(CC)CC. The highest BCUT2D eigenvalue weighted by atomic mass is 16.5. The number of nitrogens with one attached hydrogen (secondary N) is 2. The summed E-state index contributed by atoms with van der Waals surface area (Å²) in [6.07, 6.45) is 5.15. The molecule has 0 bridgehead atoms. The third-order valence-corrected chi connectivity index (χ3v) is 5.31. The molecule has 7 nitrogen and oxygen atoms in total. The molecule has 0 radical (unpaired) electrons. The van der Waals surface area contributed by atoms with Gasteiger partial charge in [-0.1, -0.05) is 13.8 Å². The third kappa shape index (κ3) is 3.71. The minimum Gasteiger partial charge on any atom is -0.378 e. The fourth-order valence-corrected chi connectivity index (χ4v) is 3.68. The second-order valence-electron chi connectivity index (χ2n) is 6.31. The van der Waals surface area contributed by atoms with Crippen LogP contribution in [0, 0.1) is 5.41 Å². The Labute approximate surface area is 145 Å². The van der Waals surface area contributed by atoms with E-state index in [-0.39, 0.29) is 5.41 Å². The first-order chi connectivity index (χ1) is 11.6. The highest BCUT2D eigenvalue weighted by Crippen LogP contribution is 2.48. The maximum absolute atomic E-state index is 5.96. The van der Waals surface area contributed by atoms with Crippen LogP contribution in [0.15, 0.2) is 11.3 Å². The molecule has 2 rings (SSSR count). The molecule has 1 saturated carbocycles. The molecule has 7 heteroatoms. The molecular formula is C17H32N6O. The number of hydrogen-bond acceptors (Lipinski definition) is 4. The summed E-state index contributed by atoms with van der Waals surface area (Å²) in [5.74, 6) is 1.69. The maximum atomic E-state index is 5.96. The van der Waals surface area contributed by atoms with Crippen molar-refractivity contribution in [3.8, 4) is 0 Å². The van der Waals surface area contributed by atoms with Gasteiger partial charge in [-0.25, -0.2) is 9.98 Å². The number of aromatic nitrogens is 3. The Balaban J connectivity index is 2.05. The predicted octanol–water partition coefficient (Wildman–Crippen LogP) is 1.85. The monoisotopic (exact) mass is 336 g/mol. The maximum Gasteiger partial charge on any atom is 0.191 e. The fraction of sp³-hybridized carbons (Fsp3) is 0.824. The fourth-order valence-electron chi connectivity index (χ4n) is 3.68. The van der Waals surface area contributed by atoms with Gasteiger partial charge in [-0.15, -0.1) is 0 Å². The van der Waals surface area contributed by atoms with Gasteiger partial charge in [-0.2, -0.15) is 5.10 Å². The lowest BCUT2D eigenvalue weighted by Crippen LogP contribution is -2.65. The molecular weight excluding hydrogens is 304 g/mol. The number of rotatable bonds is 8. The highest BCUT2D eigenvalue weighted by Gasteiger charge is 2.53. The zero-order chi connectivity index (χ0) is 17.6.